The van der Waals surface area contributed by atoms with E-state index < -0.39 is 0 Å². The van der Waals surface area contributed by atoms with Crippen LogP contribution in [0, 0.1) is 6.92 Å². The Morgan fingerprint density at radius 3 is 2.06 bits per heavy atom. The van der Waals surface area contributed by atoms with Crippen molar-refractivity contribution in [1.29, 1.82) is 0 Å². The van der Waals surface area contributed by atoms with Gasteiger partial charge >= 0.3 is 0 Å². The summed E-state index contributed by atoms with van der Waals surface area (Å²) in [4.78, 5) is 17.4. The van der Waals surface area contributed by atoms with Gasteiger partial charge in [-0.3, -0.25) is 14.6 Å². The van der Waals surface area contributed by atoms with Crippen LogP contribution in [-0.4, -0.2) is 55.5 Å². The Labute approximate surface area is 190 Å². The minimum atomic E-state index is -0.00924. The van der Waals surface area contributed by atoms with E-state index in [1.807, 2.05) is 25.1 Å². The van der Waals surface area contributed by atoms with Crippen LogP contribution in [-0.2, 0) is 4.79 Å². The summed E-state index contributed by atoms with van der Waals surface area (Å²) < 4.78 is 5.38. The summed E-state index contributed by atoms with van der Waals surface area (Å²) in [5.74, 6) is 0.673. The van der Waals surface area contributed by atoms with Gasteiger partial charge in [0, 0.05) is 26.2 Å². The number of carbonyl (C=O) groups excluding carboxylic acids is 1. The number of nitrogens with one attached hydrogen (secondary N) is 1. The monoisotopic (exact) mass is 429 g/mol. The van der Waals surface area contributed by atoms with E-state index in [1.165, 1.54) is 11.1 Å². The average molecular weight is 430 g/mol. The Morgan fingerprint density at radius 1 is 0.906 bits per heavy atom. The fourth-order valence-corrected chi connectivity index (χ4v) is 4.38. The van der Waals surface area contributed by atoms with Gasteiger partial charge in [0.25, 0.3) is 0 Å². The number of ether oxygens (including phenoxy) is 1. The molecular weight excluding hydrogens is 398 g/mol. The largest absolute Gasteiger partial charge is 0.495 e. The van der Waals surface area contributed by atoms with Gasteiger partial charge in [0.15, 0.2) is 0 Å². The van der Waals surface area contributed by atoms with Gasteiger partial charge < -0.3 is 10.1 Å². The number of hydrogen-bond donors (Lipinski definition) is 1. The average Bonchev–Trinajstić information content (AvgIpc) is 2.82. The Balaban J connectivity index is 1.39. The van der Waals surface area contributed by atoms with Gasteiger partial charge in [-0.2, -0.15) is 0 Å². The normalized spacial score (nSPS) is 15.0. The van der Waals surface area contributed by atoms with Crippen molar-refractivity contribution in [3.05, 3.63) is 95.6 Å². The Hall–Kier alpha value is -3.15. The number of rotatable bonds is 7. The van der Waals surface area contributed by atoms with Crippen molar-refractivity contribution < 1.29 is 9.53 Å². The van der Waals surface area contributed by atoms with Crippen molar-refractivity contribution >= 4 is 11.6 Å². The molecule has 4 rings (SSSR count). The quantitative estimate of drug-likeness (QED) is 0.607. The predicted octanol–water partition coefficient (Wildman–Crippen LogP) is 4.35. The SMILES string of the molecule is COc1ccc(C)cc1NC(=O)CN1CCN(C(c2ccccc2)c2ccccc2)CC1. The lowest BCUT2D eigenvalue weighted by Gasteiger charge is -2.39. The molecule has 1 saturated heterocycles. The first-order valence-electron chi connectivity index (χ1n) is 11.1. The summed E-state index contributed by atoms with van der Waals surface area (Å²) in [6, 6.07) is 27.4. The highest BCUT2D eigenvalue weighted by Gasteiger charge is 2.27. The molecule has 5 nitrogen and oxygen atoms in total. The Kier molecular flexibility index (Phi) is 7.20. The molecule has 1 heterocycles. The zero-order chi connectivity index (χ0) is 22.3. The van der Waals surface area contributed by atoms with E-state index in [-0.39, 0.29) is 11.9 Å². The number of piperazine rings is 1. The van der Waals surface area contributed by atoms with Crippen LogP contribution in [0.15, 0.2) is 78.9 Å². The van der Waals surface area contributed by atoms with E-state index in [0.29, 0.717) is 12.3 Å². The standard InChI is InChI=1S/C27H31N3O2/c1-21-13-14-25(32-2)24(19-21)28-26(31)20-29-15-17-30(18-16-29)27(22-9-5-3-6-10-22)23-11-7-4-8-12-23/h3-14,19,27H,15-18,20H2,1-2H3,(H,28,31). The first kappa shape index (κ1) is 22.1. The Morgan fingerprint density at radius 2 is 1.50 bits per heavy atom. The molecule has 0 spiro atoms. The maximum atomic E-state index is 12.7. The molecule has 3 aromatic carbocycles. The highest BCUT2D eigenvalue weighted by molar-refractivity contribution is 5.93. The fourth-order valence-electron chi connectivity index (χ4n) is 4.38. The maximum Gasteiger partial charge on any atom is 0.238 e. The third-order valence-corrected chi connectivity index (χ3v) is 6.00. The van der Waals surface area contributed by atoms with Crippen molar-refractivity contribution in [1.82, 2.24) is 9.80 Å². The molecule has 5 heteroatoms. The molecule has 0 aliphatic carbocycles. The molecule has 1 fully saturated rings. The van der Waals surface area contributed by atoms with Crippen molar-refractivity contribution in [3.8, 4) is 5.75 Å². The van der Waals surface area contributed by atoms with Crippen LogP contribution in [0.3, 0.4) is 0 Å². The molecule has 166 valence electrons. The van der Waals surface area contributed by atoms with E-state index in [1.54, 1.807) is 7.11 Å². The second-order valence-corrected chi connectivity index (χ2v) is 8.29. The molecule has 0 bridgehead atoms. The maximum absolute atomic E-state index is 12.7. The number of nitrogens with zero attached hydrogens (tertiary/aromatic N) is 2. The molecule has 1 N–H and O–H groups in total. The number of benzene rings is 3. The fraction of sp³-hybridized carbons (Fsp3) is 0.296. The lowest BCUT2D eigenvalue weighted by molar-refractivity contribution is -0.117. The Bertz CT molecular complexity index is 976. The number of aryl methyl sites for hydroxylation is 1. The van der Waals surface area contributed by atoms with Crippen LogP contribution < -0.4 is 10.1 Å². The van der Waals surface area contributed by atoms with E-state index in [9.17, 15) is 4.79 Å². The van der Waals surface area contributed by atoms with Crippen molar-refractivity contribution in [2.24, 2.45) is 0 Å². The first-order valence-corrected chi connectivity index (χ1v) is 11.1. The van der Waals surface area contributed by atoms with Crippen molar-refractivity contribution in [2.45, 2.75) is 13.0 Å². The van der Waals surface area contributed by atoms with Crippen LogP contribution in [0.25, 0.3) is 0 Å². The van der Waals surface area contributed by atoms with E-state index in [2.05, 4.69) is 75.8 Å². The highest BCUT2D eigenvalue weighted by atomic mass is 16.5. The minimum absolute atomic E-state index is 0.00924. The van der Waals surface area contributed by atoms with E-state index >= 15 is 0 Å². The van der Waals surface area contributed by atoms with Crippen LogP contribution in [0.4, 0.5) is 5.69 Å². The van der Waals surface area contributed by atoms with Crippen molar-refractivity contribution in [3.63, 3.8) is 0 Å². The lowest BCUT2D eigenvalue weighted by Crippen LogP contribution is -2.49. The molecular formula is C27H31N3O2. The number of hydrogen-bond acceptors (Lipinski definition) is 4. The molecule has 1 aliphatic heterocycles. The molecule has 1 aliphatic rings. The number of carbonyl (C=O) groups is 1. The summed E-state index contributed by atoms with van der Waals surface area (Å²) in [6.45, 7) is 5.92. The first-order chi connectivity index (χ1) is 15.6. The summed E-state index contributed by atoms with van der Waals surface area (Å²) in [5, 5.41) is 3.02. The molecule has 0 unspecified atom stereocenters. The number of amides is 1. The third-order valence-electron chi connectivity index (χ3n) is 6.00. The summed E-state index contributed by atoms with van der Waals surface area (Å²) in [7, 11) is 1.62. The molecule has 0 radical (unpaired) electrons. The summed E-state index contributed by atoms with van der Waals surface area (Å²) >= 11 is 0. The van der Waals surface area contributed by atoms with Crippen LogP contribution in [0.5, 0.6) is 5.75 Å². The molecule has 3 aromatic rings. The summed E-state index contributed by atoms with van der Waals surface area (Å²) in [6.07, 6.45) is 0. The van der Waals surface area contributed by atoms with Gasteiger partial charge in [0.2, 0.25) is 5.91 Å². The van der Waals surface area contributed by atoms with Gasteiger partial charge in [-0.15, -0.1) is 0 Å². The van der Waals surface area contributed by atoms with Crippen LogP contribution in [0.2, 0.25) is 0 Å². The molecule has 1 amide bonds. The van der Waals surface area contributed by atoms with Gasteiger partial charge in [-0.25, -0.2) is 0 Å². The van der Waals surface area contributed by atoms with E-state index in [4.69, 9.17) is 4.74 Å². The number of methoxy groups -OCH3 is 1. The van der Waals surface area contributed by atoms with Crippen LogP contribution >= 0.6 is 0 Å². The second-order valence-electron chi connectivity index (χ2n) is 8.29. The van der Waals surface area contributed by atoms with E-state index in [0.717, 1.165) is 37.4 Å². The third kappa shape index (κ3) is 5.36. The summed E-state index contributed by atoms with van der Waals surface area (Å²) in [5.41, 5.74) is 4.42. The molecule has 32 heavy (non-hydrogen) atoms. The zero-order valence-corrected chi connectivity index (χ0v) is 18.8. The smallest absolute Gasteiger partial charge is 0.238 e. The van der Waals surface area contributed by atoms with Gasteiger partial charge in [-0.05, 0) is 35.7 Å². The number of anilines is 1. The van der Waals surface area contributed by atoms with Gasteiger partial charge in [0.1, 0.15) is 5.75 Å². The highest BCUT2D eigenvalue weighted by Crippen LogP contribution is 2.29. The molecule has 0 aromatic heterocycles. The van der Waals surface area contributed by atoms with Gasteiger partial charge in [-0.1, -0.05) is 66.7 Å². The van der Waals surface area contributed by atoms with Gasteiger partial charge in [0.05, 0.1) is 25.4 Å². The van der Waals surface area contributed by atoms with Crippen molar-refractivity contribution in [2.75, 3.05) is 45.2 Å². The lowest BCUT2D eigenvalue weighted by atomic mass is 9.96. The zero-order valence-electron chi connectivity index (χ0n) is 18.8. The van der Waals surface area contributed by atoms with Crippen LogP contribution in [0.1, 0.15) is 22.7 Å². The molecule has 0 atom stereocenters. The molecule has 0 saturated carbocycles. The second kappa shape index (κ2) is 10.4. The predicted molar refractivity (Wildman–Crippen MR) is 129 cm³/mol. The minimum Gasteiger partial charge on any atom is -0.495 e. The topological polar surface area (TPSA) is 44.8 Å².